The zero-order valence-corrected chi connectivity index (χ0v) is 36.5. The maximum absolute atomic E-state index is 11.0. The van der Waals surface area contributed by atoms with E-state index in [9.17, 15) is 19.2 Å². The summed E-state index contributed by atoms with van der Waals surface area (Å²) >= 11 is 0. The van der Waals surface area contributed by atoms with Gasteiger partial charge in [-0.25, -0.2) is 0 Å². The summed E-state index contributed by atoms with van der Waals surface area (Å²) in [5.74, 6) is -7.47. The first-order valence-electron chi connectivity index (χ1n) is 19.2. The minimum atomic E-state index is -1.50. The molecule has 0 atom stereocenters. The third-order valence-corrected chi connectivity index (χ3v) is 8.01. The second-order valence-corrected chi connectivity index (χ2v) is 15.2. The summed E-state index contributed by atoms with van der Waals surface area (Å²) in [5, 5.41) is 68.0. The second-order valence-electron chi connectivity index (χ2n) is 15.2. The van der Waals surface area contributed by atoms with Gasteiger partial charge in [-0.15, -0.1) is 0 Å². The molecule has 15 heteroatoms. The Morgan fingerprint density at radius 2 is 0.614 bits per heavy atom. The average Bonchev–Trinajstić information content (AvgIpc) is 3.05. The smallest absolute Gasteiger partial charge is 0.322 e. The van der Waals surface area contributed by atoms with Gasteiger partial charge >= 0.3 is 23.9 Å². The van der Waals surface area contributed by atoms with Crippen molar-refractivity contribution in [3.8, 4) is 0 Å². The molecule has 0 saturated heterocycles. The van der Waals surface area contributed by atoms with Gasteiger partial charge < -0.3 is 52.3 Å². The molecular weight excluding hydrogens is 772 g/mol. The summed E-state index contributed by atoms with van der Waals surface area (Å²) in [6.07, 6.45) is 7.45. The van der Waals surface area contributed by atoms with E-state index in [1.165, 1.54) is 0 Å². The Kier molecular flexibility index (Phi) is 32.4. The minimum absolute atomic E-state index is 0. The number of carbonyl (C=O) groups is 4. The molecule has 0 heterocycles. The van der Waals surface area contributed by atoms with E-state index >= 15 is 0 Å². The Bertz CT molecular complexity index is 1220. The molecule has 0 bridgehead atoms. The number of nitrogens with two attached hydrogens (primary N) is 2. The van der Waals surface area contributed by atoms with Gasteiger partial charge in [-0.1, -0.05) is 48.5 Å². The first-order valence-corrected chi connectivity index (χ1v) is 19.2. The Hall–Kier alpha value is -3.21. The number of aliphatic hydroxyl groups excluding tert-OH is 4. The van der Waals surface area contributed by atoms with Gasteiger partial charge in [-0.2, -0.15) is 0 Å². The van der Waals surface area contributed by atoms with Crippen molar-refractivity contribution in [2.45, 2.75) is 167 Å². The molecule has 2 aromatic carbocycles. The fraction of sp³-hybridized carbons (Fsp3) is 0.619. The SMILES string of the molecule is CC(C)O.CC(C)O.CC(C)O.CC(C)O.NC1CCC(c2ccc(C(C(=O)O)C(=O)O)cc2)CC1.NC1CCC(c2ccc(C(C(=O)O)C(=O)O)cc2)CC1.[Ti]. The maximum atomic E-state index is 11.0. The number of rotatable bonds is 8. The standard InChI is InChI=1S/2C15H19NO4.4C3H8O.Ti/c2*16-12-7-5-10(6-8-12)9-1-3-11(4-2-9)13(14(17)18)15(19)20;4*1-3(2)4;/h2*1-4,10,12-13H,5-8,16H2,(H,17,18)(H,19,20);4*3-4H,1-2H3;. The normalized spacial score (nSPS) is 18.5. The number of aliphatic carboxylic acids is 4. The fourth-order valence-corrected chi connectivity index (χ4v) is 5.61. The van der Waals surface area contributed by atoms with Crippen molar-refractivity contribution in [3.05, 3.63) is 70.8 Å². The number of carboxylic acids is 4. The maximum Gasteiger partial charge on any atom is 0.322 e. The van der Waals surface area contributed by atoms with Crippen LogP contribution in [0.2, 0.25) is 0 Å². The van der Waals surface area contributed by atoms with Gasteiger partial charge in [0.2, 0.25) is 0 Å². The van der Waals surface area contributed by atoms with Crippen LogP contribution in [0.3, 0.4) is 0 Å². The topological polar surface area (TPSA) is 282 Å². The monoisotopic (exact) mass is 842 g/mol. The van der Waals surface area contributed by atoms with Crippen molar-refractivity contribution in [2.24, 2.45) is 11.5 Å². The van der Waals surface area contributed by atoms with E-state index in [1.807, 2.05) is 24.3 Å². The number of aliphatic hydroxyl groups is 4. The molecule has 324 valence electrons. The predicted molar refractivity (Wildman–Crippen MR) is 217 cm³/mol. The van der Waals surface area contributed by atoms with Crippen LogP contribution in [-0.2, 0) is 40.9 Å². The second kappa shape index (κ2) is 31.7. The molecule has 0 aromatic heterocycles. The summed E-state index contributed by atoms with van der Waals surface area (Å²) in [4.78, 5) is 43.9. The van der Waals surface area contributed by atoms with E-state index in [-0.39, 0.29) is 58.2 Å². The molecule has 2 fully saturated rings. The van der Waals surface area contributed by atoms with Crippen LogP contribution in [0.5, 0.6) is 0 Å². The summed E-state index contributed by atoms with van der Waals surface area (Å²) in [6, 6.07) is 14.4. The van der Waals surface area contributed by atoms with Gasteiger partial charge in [-0.3, -0.25) is 19.2 Å². The van der Waals surface area contributed by atoms with Crippen LogP contribution in [-0.4, -0.2) is 101 Å². The van der Waals surface area contributed by atoms with Crippen molar-refractivity contribution in [1.29, 1.82) is 0 Å². The predicted octanol–water partition coefficient (Wildman–Crippen LogP) is 5.39. The van der Waals surface area contributed by atoms with E-state index in [2.05, 4.69) is 0 Å². The summed E-state index contributed by atoms with van der Waals surface area (Å²) in [7, 11) is 0. The molecule has 57 heavy (non-hydrogen) atoms. The summed E-state index contributed by atoms with van der Waals surface area (Å²) in [5.41, 5.74) is 14.6. The van der Waals surface area contributed by atoms with Crippen LogP contribution in [0, 0.1) is 0 Å². The Morgan fingerprint density at radius 1 is 0.439 bits per heavy atom. The van der Waals surface area contributed by atoms with Gasteiger partial charge in [0.15, 0.2) is 11.8 Å². The van der Waals surface area contributed by atoms with Crippen LogP contribution in [0.4, 0.5) is 0 Å². The van der Waals surface area contributed by atoms with Gasteiger partial charge in [0.05, 0.1) is 0 Å². The van der Waals surface area contributed by atoms with Crippen molar-refractivity contribution >= 4 is 23.9 Å². The van der Waals surface area contributed by atoms with Gasteiger partial charge in [0, 0.05) is 58.2 Å². The molecule has 0 radical (unpaired) electrons. The first-order chi connectivity index (χ1) is 25.9. The average molecular weight is 843 g/mol. The zero-order chi connectivity index (χ0) is 43.7. The van der Waals surface area contributed by atoms with E-state index in [4.69, 9.17) is 52.3 Å². The van der Waals surface area contributed by atoms with Crippen molar-refractivity contribution in [2.75, 3.05) is 0 Å². The molecule has 2 aromatic rings. The Labute approximate surface area is 353 Å². The van der Waals surface area contributed by atoms with Crippen LogP contribution in [0.1, 0.15) is 153 Å². The molecule has 2 saturated carbocycles. The van der Waals surface area contributed by atoms with E-state index in [1.54, 1.807) is 79.7 Å². The van der Waals surface area contributed by atoms with E-state index in [0.717, 1.165) is 62.5 Å². The molecule has 2 aliphatic rings. The zero-order valence-electron chi connectivity index (χ0n) is 34.9. The number of benzene rings is 2. The summed E-state index contributed by atoms with van der Waals surface area (Å²) < 4.78 is 0. The molecule has 0 spiro atoms. The van der Waals surface area contributed by atoms with Gasteiger partial charge in [0.25, 0.3) is 0 Å². The van der Waals surface area contributed by atoms with E-state index in [0.29, 0.717) is 23.0 Å². The Morgan fingerprint density at radius 3 is 0.772 bits per heavy atom. The molecular formula is C42H70N2O12Ti. The van der Waals surface area contributed by atoms with Crippen molar-refractivity contribution in [3.63, 3.8) is 0 Å². The number of hydrogen-bond acceptors (Lipinski definition) is 10. The number of carboxylic acid groups (broad SMARTS) is 4. The quantitative estimate of drug-likeness (QED) is 0.118. The first kappa shape index (κ1) is 58.1. The molecule has 0 aliphatic heterocycles. The largest absolute Gasteiger partial charge is 0.480 e. The molecule has 4 rings (SSSR count). The van der Waals surface area contributed by atoms with Crippen molar-refractivity contribution in [1.82, 2.24) is 0 Å². The molecule has 14 nitrogen and oxygen atoms in total. The van der Waals surface area contributed by atoms with Crippen LogP contribution < -0.4 is 11.5 Å². The Balaban J connectivity index is -0.000000735. The molecule has 12 N–H and O–H groups in total. The van der Waals surface area contributed by atoms with Crippen molar-refractivity contribution < 1.29 is 81.7 Å². The molecule has 0 unspecified atom stereocenters. The summed E-state index contributed by atoms with van der Waals surface area (Å²) in [6.45, 7) is 13.8. The third-order valence-electron chi connectivity index (χ3n) is 8.01. The van der Waals surface area contributed by atoms with Crippen LogP contribution >= 0.6 is 0 Å². The third kappa shape index (κ3) is 28.8. The van der Waals surface area contributed by atoms with E-state index < -0.39 is 35.7 Å². The van der Waals surface area contributed by atoms with Crippen LogP contribution in [0.15, 0.2) is 48.5 Å². The van der Waals surface area contributed by atoms with Gasteiger partial charge in [0.1, 0.15) is 0 Å². The minimum Gasteiger partial charge on any atom is -0.480 e. The van der Waals surface area contributed by atoms with Gasteiger partial charge in [-0.05, 0) is 141 Å². The van der Waals surface area contributed by atoms with Crippen LogP contribution in [0.25, 0.3) is 0 Å². The molecule has 0 amide bonds. The number of hydrogen-bond donors (Lipinski definition) is 10. The fourth-order valence-electron chi connectivity index (χ4n) is 5.61. The molecule has 2 aliphatic carbocycles.